The minimum absolute atomic E-state index is 0.0732. The second-order valence-electron chi connectivity index (χ2n) is 7.49. The van der Waals surface area contributed by atoms with Crippen molar-refractivity contribution >= 4 is 40.0 Å². The molecular weight excluding hydrogens is 450 g/mol. The molecule has 1 aliphatic carbocycles. The highest BCUT2D eigenvalue weighted by Crippen LogP contribution is 2.40. The van der Waals surface area contributed by atoms with E-state index in [0.717, 1.165) is 52.8 Å². The van der Waals surface area contributed by atoms with Crippen LogP contribution >= 0.6 is 23.1 Å². The zero-order valence-electron chi connectivity index (χ0n) is 18.0. The summed E-state index contributed by atoms with van der Waals surface area (Å²) in [5.41, 5.74) is 2.25. The first-order valence-electron chi connectivity index (χ1n) is 10.1. The minimum Gasteiger partial charge on any atom is -0.497 e. The average molecular weight is 474 g/mol. The Morgan fingerprint density at radius 2 is 2.03 bits per heavy atom. The van der Waals surface area contributed by atoms with Crippen LogP contribution in [0.2, 0.25) is 0 Å². The van der Waals surface area contributed by atoms with Gasteiger partial charge in [0.05, 0.1) is 25.5 Å². The van der Waals surface area contributed by atoms with E-state index in [2.05, 4.69) is 22.4 Å². The summed E-state index contributed by atoms with van der Waals surface area (Å²) in [7, 11) is 2.96. The molecule has 0 aliphatic heterocycles. The summed E-state index contributed by atoms with van der Waals surface area (Å²) in [5, 5.41) is 11.7. The van der Waals surface area contributed by atoms with Crippen LogP contribution in [-0.4, -0.2) is 42.0 Å². The zero-order valence-corrected chi connectivity index (χ0v) is 19.6. The Morgan fingerprint density at radius 1 is 1.25 bits per heavy atom. The van der Waals surface area contributed by atoms with Crippen molar-refractivity contribution in [3.05, 3.63) is 40.3 Å². The molecule has 1 amide bonds. The zero-order chi connectivity index (χ0) is 22.7. The van der Waals surface area contributed by atoms with Crippen molar-refractivity contribution in [3.8, 4) is 17.2 Å². The van der Waals surface area contributed by atoms with E-state index in [4.69, 9.17) is 13.9 Å². The Labute approximate surface area is 193 Å². The standard InChI is InChI=1S/C22H23N3O5S2/c1-12-4-9-15-16(10-12)32-20(18(15)21(27)29-3)23-17(26)11-31-22-25-24-19(30-22)13-5-7-14(28-2)8-6-13/h5-8,12H,4,9-11H2,1-3H3,(H,23,26). The number of hydrogen-bond donors (Lipinski definition) is 1. The van der Waals surface area contributed by atoms with Crippen molar-refractivity contribution in [1.82, 2.24) is 10.2 Å². The normalized spacial score (nSPS) is 15.2. The topological polar surface area (TPSA) is 104 Å². The third-order valence-electron chi connectivity index (χ3n) is 5.22. The van der Waals surface area contributed by atoms with Gasteiger partial charge in [0.25, 0.3) is 5.22 Å². The van der Waals surface area contributed by atoms with E-state index in [-0.39, 0.29) is 11.7 Å². The molecule has 0 bridgehead atoms. The molecule has 168 valence electrons. The largest absolute Gasteiger partial charge is 0.497 e. The molecule has 32 heavy (non-hydrogen) atoms. The van der Waals surface area contributed by atoms with Gasteiger partial charge in [0.2, 0.25) is 11.8 Å². The molecule has 10 heteroatoms. The van der Waals surface area contributed by atoms with Crippen molar-refractivity contribution < 1.29 is 23.5 Å². The molecule has 2 heterocycles. The summed E-state index contributed by atoms with van der Waals surface area (Å²) in [6, 6.07) is 7.25. The van der Waals surface area contributed by atoms with Crippen molar-refractivity contribution in [2.24, 2.45) is 5.92 Å². The lowest BCUT2D eigenvalue weighted by Crippen LogP contribution is -2.17. The van der Waals surface area contributed by atoms with Crippen molar-refractivity contribution in [2.45, 2.75) is 31.4 Å². The maximum Gasteiger partial charge on any atom is 0.341 e. The number of nitrogens with zero attached hydrogens (tertiary/aromatic N) is 2. The molecule has 1 aliphatic rings. The van der Waals surface area contributed by atoms with E-state index < -0.39 is 5.97 Å². The number of nitrogens with one attached hydrogen (secondary N) is 1. The van der Waals surface area contributed by atoms with Gasteiger partial charge < -0.3 is 19.2 Å². The predicted octanol–water partition coefficient (Wildman–Crippen LogP) is 4.45. The van der Waals surface area contributed by atoms with E-state index in [1.165, 1.54) is 18.4 Å². The Hall–Kier alpha value is -2.85. The molecule has 1 aromatic carbocycles. The van der Waals surface area contributed by atoms with E-state index in [0.29, 0.717) is 27.6 Å². The highest BCUT2D eigenvalue weighted by Gasteiger charge is 2.29. The highest BCUT2D eigenvalue weighted by atomic mass is 32.2. The number of carbonyl (C=O) groups is 2. The molecule has 3 aromatic rings. The molecular formula is C22H23N3O5S2. The number of ether oxygens (including phenoxy) is 2. The lowest BCUT2D eigenvalue weighted by Gasteiger charge is -2.18. The summed E-state index contributed by atoms with van der Waals surface area (Å²) in [6.07, 6.45) is 2.74. The van der Waals surface area contributed by atoms with Crippen molar-refractivity contribution in [3.63, 3.8) is 0 Å². The van der Waals surface area contributed by atoms with Gasteiger partial charge in [-0.25, -0.2) is 4.79 Å². The number of amides is 1. The molecule has 8 nitrogen and oxygen atoms in total. The van der Waals surface area contributed by atoms with Gasteiger partial charge in [-0.05, 0) is 55.0 Å². The molecule has 2 aromatic heterocycles. The molecule has 1 unspecified atom stereocenters. The molecule has 0 radical (unpaired) electrons. The lowest BCUT2D eigenvalue weighted by atomic mass is 9.88. The van der Waals surface area contributed by atoms with Gasteiger partial charge in [-0.1, -0.05) is 18.7 Å². The number of esters is 1. The first-order chi connectivity index (χ1) is 15.5. The fraction of sp³-hybridized carbons (Fsp3) is 0.364. The molecule has 1 N–H and O–H groups in total. The van der Waals surface area contributed by atoms with Crippen LogP contribution in [0.4, 0.5) is 5.00 Å². The molecule has 1 atom stereocenters. The van der Waals surface area contributed by atoms with Crippen molar-refractivity contribution in [1.29, 1.82) is 0 Å². The van der Waals surface area contributed by atoms with Gasteiger partial charge in [-0.2, -0.15) is 0 Å². The summed E-state index contributed by atoms with van der Waals surface area (Å²) < 4.78 is 15.8. The van der Waals surface area contributed by atoms with Crippen LogP contribution in [0.25, 0.3) is 11.5 Å². The lowest BCUT2D eigenvalue weighted by molar-refractivity contribution is -0.113. The summed E-state index contributed by atoms with van der Waals surface area (Å²) in [4.78, 5) is 26.1. The van der Waals surface area contributed by atoms with E-state index >= 15 is 0 Å². The van der Waals surface area contributed by atoms with Gasteiger partial charge in [-0.15, -0.1) is 21.5 Å². The van der Waals surface area contributed by atoms with Crippen LogP contribution in [-0.2, 0) is 22.4 Å². The number of hydrogen-bond acceptors (Lipinski definition) is 9. The van der Waals surface area contributed by atoms with Crippen LogP contribution in [0.1, 0.15) is 34.1 Å². The maximum atomic E-state index is 12.6. The van der Waals surface area contributed by atoms with Crippen LogP contribution in [0.15, 0.2) is 33.9 Å². The number of thioether (sulfide) groups is 1. The van der Waals surface area contributed by atoms with E-state index in [1.54, 1.807) is 19.2 Å². The fourth-order valence-electron chi connectivity index (χ4n) is 3.57. The Morgan fingerprint density at radius 3 is 2.75 bits per heavy atom. The van der Waals surface area contributed by atoms with Gasteiger partial charge in [-0.3, -0.25) is 4.79 Å². The third kappa shape index (κ3) is 4.81. The third-order valence-corrected chi connectivity index (χ3v) is 7.21. The van der Waals surface area contributed by atoms with Gasteiger partial charge in [0.15, 0.2) is 0 Å². The Balaban J connectivity index is 1.41. The highest BCUT2D eigenvalue weighted by molar-refractivity contribution is 7.99. The summed E-state index contributed by atoms with van der Waals surface area (Å²) in [6.45, 7) is 2.19. The summed E-state index contributed by atoms with van der Waals surface area (Å²) in [5.74, 6) is 1.06. The average Bonchev–Trinajstić information content (AvgIpc) is 3.41. The number of thiophene rings is 1. The number of carbonyl (C=O) groups excluding carboxylic acids is 2. The minimum atomic E-state index is -0.416. The van der Waals surface area contributed by atoms with Crippen LogP contribution in [0.5, 0.6) is 5.75 Å². The molecule has 4 rings (SSSR count). The molecule has 0 spiro atoms. The Bertz CT molecular complexity index is 1120. The molecule has 0 saturated carbocycles. The van der Waals surface area contributed by atoms with Crippen LogP contribution in [0, 0.1) is 5.92 Å². The number of anilines is 1. The number of rotatable bonds is 7. The second-order valence-corrected chi connectivity index (χ2v) is 9.52. The molecule has 0 fully saturated rings. The van der Waals surface area contributed by atoms with Gasteiger partial charge in [0, 0.05) is 10.4 Å². The SMILES string of the molecule is COC(=O)c1c(NC(=O)CSc2nnc(-c3ccc(OC)cc3)o2)sc2c1CCC(C)C2. The van der Waals surface area contributed by atoms with Gasteiger partial charge in [0.1, 0.15) is 10.8 Å². The van der Waals surface area contributed by atoms with E-state index in [1.807, 2.05) is 12.1 Å². The van der Waals surface area contributed by atoms with E-state index in [9.17, 15) is 9.59 Å². The van der Waals surface area contributed by atoms with Gasteiger partial charge >= 0.3 is 5.97 Å². The Kier molecular flexibility index (Phi) is 6.80. The predicted molar refractivity (Wildman–Crippen MR) is 122 cm³/mol. The van der Waals surface area contributed by atoms with Crippen LogP contribution < -0.4 is 10.1 Å². The number of aromatic nitrogens is 2. The smallest absolute Gasteiger partial charge is 0.341 e. The first kappa shape index (κ1) is 22.3. The van der Waals surface area contributed by atoms with Crippen LogP contribution in [0.3, 0.4) is 0 Å². The first-order valence-corrected chi connectivity index (χ1v) is 11.9. The second kappa shape index (κ2) is 9.74. The van der Waals surface area contributed by atoms with Crippen molar-refractivity contribution in [2.75, 3.05) is 25.3 Å². The molecule has 0 saturated heterocycles. The summed E-state index contributed by atoms with van der Waals surface area (Å²) >= 11 is 2.60. The monoisotopic (exact) mass is 473 g/mol. The number of methoxy groups -OCH3 is 2. The fourth-order valence-corrected chi connectivity index (χ4v) is 5.54. The quantitative estimate of drug-likeness (QED) is 0.397. The number of benzene rings is 1. The number of fused-ring (bicyclic) bond motifs is 1. The maximum absolute atomic E-state index is 12.6.